The van der Waals surface area contributed by atoms with Crippen molar-refractivity contribution in [3.63, 3.8) is 0 Å². The van der Waals surface area contributed by atoms with Crippen LogP contribution in [0.25, 0.3) is 0 Å². The van der Waals surface area contributed by atoms with Gasteiger partial charge in [0.2, 0.25) is 6.10 Å². The van der Waals surface area contributed by atoms with Crippen molar-refractivity contribution in [2.75, 3.05) is 0 Å². The van der Waals surface area contributed by atoms with E-state index in [2.05, 4.69) is 34.9 Å². The van der Waals surface area contributed by atoms with Crippen LogP contribution in [0.4, 0.5) is 26.3 Å². The standard InChI is InChI=1S/C5H12O.C4H9N.C3H2F6O.CH3.V/c1-4-5(2,3)6;1-3-4(2)5;4-2(5,6)1(10)3(7,8)9;;/h6H,4H2,1-3H3;4H,3H2,1-2H3;1,10H;1H3;/q;;;-1;. The molecule has 0 amide bonds. The summed E-state index contributed by atoms with van der Waals surface area (Å²) in [5.74, 6) is 0. The van der Waals surface area contributed by atoms with E-state index in [1.54, 1.807) is 13.8 Å². The van der Waals surface area contributed by atoms with E-state index in [0.29, 0.717) is 6.04 Å². The molecule has 23 heavy (non-hydrogen) atoms. The van der Waals surface area contributed by atoms with Crippen molar-refractivity contribution in [2.24, 2.45) is 3.79 Å². The predicted octanol–water partition coefficient (Wildman–Crippen LogP) is 4.60. The SMILES string of the molecule is CCC(C)(C)O.CCC(C)[N]=[V].OC(C(F)(F)F)C(F)(F)F.[CH3-]. The first-order chi connectivity index (χ1) is 9.52. The van der Waals surface area contributed by atoms with Gasteiger partial charge in [-0.25, -0.2) is 0 Å². The van der Waals surface area contributed by atoms with E-state index in [-0.39, 0.29) is 7.43 Å². The Morgan fingerprint density at radius 3 is 1.26 bits per heavy atom. The third-order valence-corrected chi connectivity index (χ3v) is 2.89. The largest absolute Gasteiger partial charge is 0.423 e. The number of hydrogen-bond donors (Lipinski definition) is 2. The predicted molar refractivity (Wildman–Crippen MR) is 73.3 cm³/mol. The maximum Gasteiger partial charge on any atom is 0.423 e. The Kier molecular flexibility index (Phi) is 17.6. The first-order valence-electron chi connectivity index (χ1n) is 6.40. The zero-order valence-electron chi connectivity index (χ0n) is 14.1. The van der Waals surface area contributed by atoms with Crippen molar-refractivity contribution in [3.05, 3.63) is 7.43 Å². The van der Waals surface area contributed by atoms with Crippen molar-refractivity contribution in [1.29, 1.82) is 0 Å². The summed E-state index contributed by atoms with van der Waals surface area (Å²) in [6.45, 7) is 9.78. The van der Waals surface area contributed by atoms with E-state index < -0.39 is 24.1 Å². The molecule has 3 nitrogen and oxygen atoms in total. The molecule has 0 saturated carbocycles. The third-order valence-electron chi connectivity index (χ3n) is 2.27. The summed E-state index contributed by atoms with van der Waals surface area (Å²) in [6, 6.07) is 0.532. The average Bonchev–Trinajstić information content (AvgIpc) is 2.35. The number of hydrogen-bond acceptors (Lipinski definition) is 3. The van der Waals surface area contributed by atoms with Gasteiger partial charge in [-0.05, 0) is 20.3 Å². The van der Waals surface area contributed by atoms with E-state index in [4.69, 9.17) is 10.2 Å². The molecule has 1 atom stereocenters. The van der Waals surface area contributed by atoms with Crippen molar-refractivity contribution in [1.82, 2.24) is 0 Å². The average molecular weight is 393 g/mol. The summed E-state index contributed by atoms with van der Waals surface area (Å²) in [5, 5.41) is 16.3. The molecule has 1 unspecified atom stereocenters. The van der Waals surface area contributed by atoms with Crippen molar-refractivity contribution in [3.8, 4) is 0 Å². The summed E-state index contributed by atoms with van der Waals surface area (Å²) >= 11 is 2.24. The van der Waals surface area contributed by atoms with Crippen LogP contribution in [0.15, 0.2) is 3.79 Å². The summed E-state index contributed by atoms with van der Waals surface area (Å²) < 4.78 is 69.8. The van der Waals surface area contributed by atoms with E-state index in [1.165, 1.54) is 0 Å². The van der Waals surface area contributed by atoms with E-state index in [1.807, 2.05) is 6.92 Å². The van der Waals surface area contributed by atoms with Crippen LogP contribution in [0.1, 0.15) is 47.5 Å². The molecule has 0 aliphatic heterocycles. The number of aliphatic hydroxyl groups excluding tert-OH is 1. The molecule has 0 aromatic rings. The second kappa shape index (κ2) is 13.2. The van der Waals surface area contributed by atoms with Gasteiger partial charge in [0, 0.05) is 0 Å². The van der Waals surface area contributed by atoms with Gasteiger partial charge in [0.05, 0.1) is 5.60 Å². The molecule has 0 spiro atoms. The number of rotatable bonds is 3. The molecule has 0 rings (SSSR count). The molecule has 0 aliphatic rings. The molecular weight excluding hydrogens is 367 g/mol. The monoisotopic (exact) mass is 393 g/mol. The fourth-order valence-electron chi connectivity index (χ4n) is 0.267. The van der Waals surface area contributed by atoms with E-state index in [0.717, 1.165) is 12.8 Å². The number of alkyl halides is 6. The Balaban J connectivity index is -0.000000122. The minimum absolute atomic E-state index is 0. The van der Waals surface area contributed by atoms with Gasteiger partial charge in [-0.15, -0.1) is 0 Å². The first-order valence-corrected chi connectivity index (χ1v) is 7.03. The molecule has 0 aliphatic carbocycles. The molecule has 10 heteroatoms. The van der Waals surface area contributed by atoms with E-state index >= 15 is 0 Å². The Morgan fingerprint density at radius 2 is 1.26 bits per heavy atom. The molecule has 0 radical (unpaired) electrons. The molecule has 0 aromatic carbocycles. The third kappa shape index (κ3) is 24.3. The summed E-state index contributed by atoms with van der Waals surface area (Å²) in [4.78, 5) is 0. The topological polar surface area (TPSA) is 52.8 Å². The summed E-state index contributed by atoms with van der Waals surface area (Å²) in [5.41, 5.74) is -0.458. The number of halogens is 6. The molecule has 0 heterocycles. The Labute approximate surface area is 143 Å². The van der Waals surface area contributed by atoms with Gasteiger partial charge >= 0.3 is 59.7 Å². The van der Waals surface area contributed by atoms with Crippen LogP contribution in [0.3, 0.4) is 0 Å². The van der Waals surface area contributed by atoms with Crippen LogP contribution in [-0.2, 0) is 17.2 Å². The van der Waals surface area contributed by atoms with Crippen molar-refractivity contribution < 1.29 is 53.8 Å². The number of aliphatic hydroxyl groups is 2. The second-order valence-electron chi connectivity index (χ2n) is 5.02. The first kappa shape index (κ1) is 30.7. The van der Waals surface area contributed by atoms with Crippen LogP contribution in [0.5, 0.6) is 0 Å². The molecule has 0 bridgehead atoms. The normalized spacial score (nSPS) is 12.9. The van der Waals surface area contributed by atoms with Crippen LogP contribution < -0.4 is 0 Å². The Morgan fingerprint density at radius 1 is 1.00 bits per heavy atom. The van der Waals surface area contributed by atoms with Gasteiger partial charge in [-0.2, -0.15) is 26.3 Å². The van der Waals surface area contributed by atoms with Gasteiger partial charge in [-0.1, -0.05) is 6.92 Å². The second-order valence-corrected chi connectivity index (χ2v) is 5.39. The maximum atomic E-state index is 11.0. The van der Waals surface area contributed by atoms with Crippen LogP contribution >= 0.6 is 0 Å². The fraction of sp³-hybridized carbons (Fsp3) is 0.923. The molecule has 2 N–H and O–H groups in total. The van der Waals surface area contributed by atoms with Gasteiger partial charge in [0.1, 0.15) is 0 Å². The van der Waals surface area contributed by atoms with E-state index in [9.17, 15) is 26.3 Å². The smallest absolute Gasteiger partial charge is 0.377 e. The van der Waals surface area contributed by atoms with Gasteiger partial charge in [0.25, 0.3) is 0 Å². The molecular formula is C13H26F6NO2V-. The van der Waals surface area contributed by atoms with Crippen molar-refractivity contribution in [2.45, 2.75) is 77.6 Å². The molecule has 0 saturated heterocycles. The van der Waals surface area contributed by atoms with Crippen molar-refractivity contribution >= 4 is 0 Å². The van der Waals surface area contributed by atoms with Gasteiger partial charge < -0.3 is 17.6 Å². The van der Waals surface area contributed by atoms with Gasteiger partial charge in [0.15, 0.2) is 0 Å². The molecule has 143 valence electrons. The zero-order valence-corrected chi connectivity index (χ0v) is 15.5. The fourth-order valence-corrected chi connectivity index (χ4v) is 0.522. The quantitative estimate of drug-likeness (QED) is 0.544. The zero-order chi connectivity index (χ0) is 18.8. The van der Waals surface area contributed by atoms with Crippen LogP contribution in [-0.4, -0.2) is 40.3 Å². The minimum atomic E-state index is -5.63. The maximum absolute atomic E-state index is 11.0. The van der Waals surface area contributed by atoms with Gasteiger partial charge in [-0.3, -0.25) is 0 Å². The van der Waals surface area contributed by atoms with Crippen LogP contribution in [0.2, 0.25) is 0 Å². The van der Waals surface area contributed by atoms with Crippen LogP contribution in [0, 0.1) is 7.43 Å². The Hall–Kier alpha value is -0.116. The molecule has 0 fully saturated rings. The summed E-state index contributed by atoms with van der Waals surface area (Å²) in [7, 11) is 0. The minimum Gasteiger partial charge on any atom is -0.377 e. The Bertz CT molecular complexity index is 276. The molecule has 0 aromatic heterocycles. The number of nitrogens with zero attached hydrogens (tertiary/aromatic N) is 1. The summed E-state index contributed by atoms with van der Waals surface area (Å²) in [6.07, 6.45) is -13.5.